The highest BCUT2D eigenvalue weighted by molar-refractivity contribution is 5.50. The molecule has 0 aliphatic carbocycles. The van der Waals surface area contributed by atoms with Crippen LogP contribution >= 0.6 is 0 Å². The molecule has 126 valence electrons. The number of halogens is 1. The molecule has 0 atom stereocenters. The summed E-state index contributed by atoms with van der Waals surface area (Å²) in [5.74, 6) is -0.223. The monoisotopic (exact) mass is 326 g/mol. The zero-order chi connectivity index (χ0) is 15.5. The molecule has 0 unspecified atom stereocenters. The van der Waals surface area contributed by atoms with Gasteiger partial charge in [-0.15, -0.1) is 0 Å². The van der Waals surface area contributed by atoms with Gasteiger partial charge in [0.25, 0.3) is 0 Å². The first-order chi connectivity index (χ1) is 10.6. The van der Waals surface area contributed by atoms with Crippen LogP contribution in [-0.4, -0.2) is 0 Å². The van der Waals surface area contributed by atoms with Gasteiger partial charge in [0.1, 0.15) is 5.82 Å². The molecule has 3 aromatic rings. The van der Waals surface area contributed by atoms with E-state index in [2.05, 4.69) is 0 Å². The first-order valence-corrected chi connectivity index (χ1v) is 7.10. The zero-order valence-electron chi connectivity index (χ0n) is 13.5. The summed E-state index contributed by atoms with van der Waals surface area (Å²) in [6.07, 6.45) is 0. The molecule has 3 aromatic carbocycles. The summed E-state index contributed by atoms with van der Waals surface area (Å²) in [4.78, 5) is 0. The van der Waals surface area contributed by atoms with Crippen LogP contribution in [-0.2, 0) is 0 Å². The Morgan fingerprint density at radius 2 is 0.833 bits per heavy atom. The normalized spacial score (nSPS) is 9.92. The van der Waals surface area contributed by atoms with Crippen LogP contribution in [0.4, 0.5) is 15.8 Å². The number of hydrogen-bond acceptors (Lipinski definition) is 4. The standard InChI is InChI=1S/C19H17FN2.2H3N/c20-16-7-1-13(2-8-16)19(14-3-9-17(21)10-4-14)15-5-11-18(22)12-6-15;;/h1-12,19H,21-22H2;2*1H3. The molecule has 0 bridgehead atoms. The van der Waals surface area contributed by atoms with Crippen molar-refractivity contribution in [1.82, 2.24) is 12.3 Å². The van der Waals surface area contributed by atoms with Crippen LogP contribution in [0.5, 0.6) is 0 Å². The first-order valence-electron chi connectivity index (χ1n) is 7.10. The number of nitrogens with two attached hydrogens (primary N) is 2. The predicted molar refractivity (Wildman–Crippen MR) is 99.1 cm³/mol. The van der Waals surface area contributed by atoms with E-state index < -0.39 is 0 Å². The Balaban J connectivity index is 0.00000144. The van der Waals surface area contributed by atoms with Gasteiger partial charge in [0.2, 0.25) is 0 Å². The third kappa shape index (κ3) is 4.10. The fraction of sp³-hybridized carbons (Fsp3) is 0.0526. The van der Waals surface area contributed by atoms with E-state index in [1.54, 1.807) is 0 Å². The molecule has 3 rings (SSSR count). The number of anilines is 2. The zero-order valence-corrected chi connectivity index (χ0v) is 13.5. The van der Waals surface area contributed by atoms with Gasteiger partial charge in [-0.1, -0.05) is 36.4 Å². The Hall–Kier alpha value is -2.89. The average molecular weight is 326 g/mol. The molecule has 0 saturated heterocycles. The van der Waals surface area contributed by atoms with Gasteiger partial charge in [-0.2, -0.15) is 0 Å². The van der Waals surface area contributed by atoms with Crippen molar-refractivity contribution >= 4 is 11.4 Å². The van der Waals surface area contributed by atoms with Crippen molar-refractivity contribution in [2.45, 2.75) is 5.92 Å². The first kappa shape index (κ1) is 19.2. The van der Waals surface area contributed by atoms with Gasteiger partial charge in [-0.3, -0.25) is 0 Å². The number of rotatable bonds is 3. The van der Waals surface area contributed by atoms with Crippen LogP contribution in [0.3, 0.4) is 0 Å². The van der Waals surface area contributed by atoms with Crippen molar-refractivity contribution in [3.05, 3.63) is 95.3 Å². The van der Waals surface area contributed by atoms with Crippen LogP contribution in [0, 0.1) is 5.82 Å². The van der Waals surface area contributed by atoms with E-state index in [-0.39, 0.29) is 24.0 Å². The Morgan fingerprint density at radius 1 is 0.542 bits per heavy atom. The van der Waals surface area contributed by atoms with Crippen molar-refractivity contribution in [3.63, 3.8) is 0 Å². The topological polar surface area (TPSA) is 122 Å². The second-order valence-corrected chi connectivity index (χ2v) is 5.32. The van der Waals surface area contributed by atoms with E-state index in [1.807, 2.05) is 60.7 Å². The van der Waals surface area contributed by atoms with E-state index in [9.17, 15) is 4.39 Å². The summed E-state index contributed by atoms with van der Waals surface area (Å²) in [6.45, 7) is 0. The number of nitrogen functional groups attached to an aromatic ring is 2. The van der Waals surface area contributed by atoms with E-state index >= 15 is 0 Å². The van der Waals surface area contributed by atoms with E-state index in [0.717, 1.165) is 28.1 Å². The molecular weight excluding hydrogens is 303 g/mol. The summed E-state index contributed by atoms with van der Waals surface area (Å²) >= 11 is 0. The number of hydrogen-bond donors (Lipinski definition) is 4. The van der Waals surface area contributed by atoms with E-state index in [1.165, 1.54) is 12.1 Å². The SMILES string of the molecule is N.N.Nc1ccc(C(c2ccc(N)cc2)c2ccc(F)cc2)cc1. The van der Waals surface area contributed by atoms with E-state index in [4.69, 9.17) is 11.5 Å². The maximum Gasteiger partial charge on any atom is 0.123 e. The predicted octanol–water partition coefficient (Wildman–Crippen LogP) is 4.49. The quantitative estimate of drug-likeness (QED) is 0.418. The molecule has 0 aliphatic rings. The van der Waals surface area contributed by atoms with Crippen molar-refractivity contribution < 1.29 is 4.39 Å². The molecule has 0 radical (unpaired) electrons. The van der Waals surface area contributed by atoms with Gasteiger partial charge in [0.05, 0.1) is 0 Å². The van der Waals surface area contributed by atoms with Crippen molar-refractivity contribution in [2.24, 2.45) is 0 Å². The highest BCUT2D eigenvalue weighted by atomic mass is 19.1. The van der Waals surface area contributed by atoms with Gasteiger partial charge >= 0.3 is 0 Å². The molecule has 4 nitrogen and oxygen atoms in total. The van der Waals surface area contributed by atoms with Crippen LogP contribution in [0.25, 0.3) is 0 Å². The summed E-state index contributed by atoms with van der Waals surface area (Å²) in [7, 11) is 0. The van der Waals surface area contributed by atoms with Gasteiger partial charge in [-0.05, 0) is 53.1 Å². The van der Waals surface area contributed by atoms with Crippen LogP contribution in [0.15, 0.2) is 72.8 Å². The Kier molecular flexibility index (Phi) is 6.47. The maximum absolute atomic E-state index is 13.2. The van der Waals surface area contributed by atoms with Crippen molar-refractivity contribution in [1.29, 1.82) is 0 Å². The van der Waals surface area contributed by atoms with Crippen LogP contribution < -0.4 is 23.8 Å². The minimum Gasteiger partial charge on any atom is -0.399 e. The molecule has 24 heavy (non-hydrogen) atoms. The molecule has 0 aliphatic heterocycles. The number of benzene rings is 3. The molecule has 0 saturated carbocycles. The summed E-state index contributed by atoms with van der Waals surface area (Å²) in [5.41, 5.74) is 16.2. The molecule has 0 fully saturated rings. The smallest absolute Gasteiger partial charge is 0.123 e. The molecule has 0 spiro atoms. The minimum absolute atomic E-state index is 0. The molecular formula is C19H23FN4. The molecule has 0 aromatic heterocycles. The Labute approximate surface area is 141 Å². The fourth-order valence-corrected chi connectivity index (χ4v) is 2.61. The lowest BCUT2D eigenvalue weighted by Crippen LogP contribution is -2.04. The molecule has 5 heteroatoms. The summed E-state index contributed by atoms with van der Waals surface area (Å²) in [6, 6.07) is 22.1. The molecule has 0 heterocycles. The highest BCUT2D eigenvalue weighted by Gasteiger charge is 2.16. The fourth-order valence-electron chi connectivity index (χ4n) is 2.61. The van der Waals surface area contributed by atoms with Gasteiger partial charge < -0.3 is 23.8 Å². The second kappa shape index (κ2) is 8.10. The summed E-state index contributed by atoms with van der Waals surface area (Å²) < 4.78 is 13.2. The average Bonchev–Trinajstić information content (AvgIpc) is 2.53. The van der Waals surface area contributed by atoms with Crippen molar-refractivity contribution in [2.75, 3.05) is 11.5 Å². The molecule has 0 amide bonds. The Morgan fingerprint density at radius 3 is 1.17 bits per heavy atom. The molecule has 10 N–H and O–H groups in total. The summed E-state index contributed by atoms with van der Waals surface area (Å²) in [5, 5.41) is 0. The maximum atomic E-state index is 13.2. The van der Waals surface area contributed by atoms with Crippen LogP contribution in [0.1, 0.15) is 22.6 Å². The lowest BCUT2D eigenvalue weighted by molar-refractivity contribution is 0.627. The largest absolute Gasteiger partial charge is 0.399 e. The van der Waals surface area contributed by atoms with E-state index in [0.29, 0.717) is 0 Å². The van der Waals surface area contributed by atoms with Gasteiger partial charge in [0.15, 0.2) is 0 Å². The van der Waals surface area contributed by atoms with Crippen molar-refractivity contribution in [3.8, 4) is 0 Å². The van der Waals surface area contributed by atoms with Gasteiger partial charge in [-0.25, -0.2) is 4.39 Å². The third-order valence-electron chi connectivity index (χ3n) is 3.74. The Bertz CT molecular complexity index is 645. The third-order valence-corrected chi connectivity index (χ3v) is 3.74. The minimum atomic E-state index is -0.239. The lowest BCUT2D eigenvalue weighted by atomic mass is 9.85. The highest BCUT2D eigenvalue weighted by Crippen LogP contribution is 2.32. The van der Waals surface area contributed by atoms with Gasteiger partial charge in [0, 0.05) is 17.3 Å². The lowest BCUT2D eigenvalue weighted by Gasteiger charge is -2.19. The van der Waals surface area contributed by atoms with Crippen LogP contribution in [0.2, 0.25) is 0 Å². The second-order valence-electron chi connectivity index (χ2n) is 5.32.